The highest BCUT2D eigenvalue weighted by Crippen LogP contribution is 2.16. The van der Waals surface area contributed by atoms with Gasteiger partial charge in [-0.3, -0.25) is 0 Å². The maximum Gasteiger partial charge on any atom is 0.312 e. The third-order valence-corrected chi connectivity index (χ3v) is 2.27. The first-order valence-corrected chi connectivity index (χ1v) is 5.04. The number of benzene rings is 1. The van der Waals surface area contributed by atoms with Gasteiger partial charge in [0.1, 0.15) is 5.52 Å². The van der Waals surface area contributed by atoms with Gasteiger partial charge in [0.2, 0.25) is 0 Å². The highest BCUT2D eigenvalue weighted by molar-refractivity contribution is 5.73. The normalized spacial score (nSPS) is 10.6. The first-order valence-electron chi connectivity index (χ1n) is 5.04. The number of fused-ring (bicyclic) bond motifs is 1. The second-order valence-electron chi connectivity index (χ2n) is 3.58. The third-order valence-electron chi connectivity index (χ3n) is 2.27. The molecule has 1 aromatic heterocycles. The molecule has 2 rings (SSSR count). The van der Waals surface area contributed by atoms with Gasteiger partial charge in [-0.1, -0.05) is 6.07 Å². The molecule has 3 N–H and O–H groups in total. The zero-order valence-electron chi connectivity index (χ0n) is 8.99. The number of carbonyl (C=O) groups is 1. The van der Waals surface area contributed by atoms with E-state index in [0.717, 1.165) is 23.1 Å². The Hall–Kier alpha value is -2.04. The molecule has 0 bridgehead atoms. The van der Waals surface area contributed by atoms with Crippen LogP contribution in [-0.2, 0) is 6.42 Å². The SMILES string of the molecule is Cc1nc2ccc(CCNC(N)=O)cc2o1. The molecule has 0 spiro atoms. The van der Waals surface area contributed by atoms with Crippen LogP contribution in [0.5, 0.6) is 0 Å². The molecule has 0 radical (unpaired) electrons. The molecule has 1 heterocycles. The van der Waals surface area contributed by atoms with E-state index in [1.54, 1.807) is 0 Å². The molecule has 0 aliphatic carbocycles. The Morgan fingerprint density at radius 3 is 3.12 bits per heavy atom. The molecule has 16 heavy (non-hydrogen) atoms. The van der Waals surface area contributed by atoms with E-state index in [0.29, 0.717) is 12.4 Å². The molecule has 5 nitrogen and oxygen atoms in total. The summed E-state index contributed by atoms with van der Waals surface area (Å²) >= 11 is 0. The zero-order chi connectivity index (χ0) is 11.5. The highest BCUT2D eigenvalue weighted by Gasteiger charge is 2.03. The highest BCUT2D eigenvalue weighted by atomic mass is 16.3. The van der Waals surface area contributed by atoms with E-state index in [1.807, 2.05) is 25.1 Å². The molecular weight excluding hydrogens is 206 g/mol. The van der Waals surface area contributed by atoms with Crippen molar-refractivity contribution in [2.24, 2.45) is 5.73 Å². The number of hydrogen-bond acceptors (Lipinski definition) is 3. The molecule has 0 saturated carbocycles. The molecule has 0 atom stereocenters. The molecule has 0 fully saturated rings. The number of rotatable bonds is 3. The summed E-state index contributed by atoms with van der Waals surface area (Å²) in [5, 5.41) is 2.54. The summed E-state index contributed by atoms with van der Waals surface area (Å²) in [5.41, 5.74) is 7.68. The van der Waals surface area contributed by atoms with Crippen LogP contribution in [0.2, 0.25) is 0 Å². The van der Waals surface area contributed by atoms with Crippen molar-refractivity contribution in [3.63, 3.8) is 0 Å². The molecule has 0 unspecified atom stereocenters. The molecule has 1 aromatic carbocycles. The lowest BCUT2D eigenvalue weighted by Crippen LogP contribution is -2.30. The average Bonchev–Trinajstić information content (AvgIpc) is 2.56. The second kappa shape index (κ2) is 4.22. The number of amides is 2. The molecule has 0 saturated heterocycles. The number of aromatic nitrogens is 1. The van der Waals surface area contributed by atoms with Crippen LogP contribution in [-0.4, -0.2) is 17.6 Å². The van der Waals surface area contributed by atoms with E-state index >= 15 is 0 Å². The van der Waals surface area contributed by atoms with Crippen LogP contribution in [0.15, 0.2) is 22.6 Å². The summed E-state index contributed by atoms with van der Waals surface area (Å²) in [6, 6.07) is 5.30. The van der Waals surface area contributed by atoms with Crippen LogP contribution in [0.25, 0.3) is 11.1 Å². The summed E-state index contributed by atoms with van der Waals surface area (Å²) in [4.78, 5) is 14.7. The van der Waals surface area contributed by atoms with Gasteiger partial charge in [0.05, 0.1) is 0 Å². The Morgan fingerprint density at radius 2 is 2.38 bits per heavy atom. The molecule has 5 heteroatoms. The number of oxazole rings is 1. The number of nitrogens with two attached hydrogens (primary N) is 1. The van der Waals surface area contributed by atoms with Crippen molar-refractivity contribution in [2.75, 3.05) is 6.54 Å². The molecule has 2 amide bonds. The Bertz CT molecular complexity index is 519. The van der Waals surface area contributed by atoms with Gasteiger partial charge in [-0.2, -0.15) is 0 Å². The summed E-state index contributed by atoms with van der Waals surface area (Å²) in [5.74, 6) is 0.655. The van der Waals surface area contributed by atoms with Gasteiger partial charge in [0.15, 0.2) is 11.5 Å². The van der Waals surface area contributed by atoms with Gasteiger partial charge in [-0.25, -0.2) is 9.78 Å². The van der Waals surface area contributed by atoms with Gasteiger partial charge in [-0.05, 0) is 24.1 Å². The van der Waals surface area contributed by atoms with Crippen LogP contribution in [0, 0.1) is 6.92 Å². The van der Waals surface area contributed by atoms with Crippen LogP contribution in [0.1, 0.15) is 11.5 Å². The monoisotopic (exact) mass is 219 g/mol. The van der Waals surface area contributed by atoms with Crippen LogP contribution in [0.4, 0.5) is 4.79 Å². The number of urea groups is 1. The minimum Gasteiger partial charge on any atom is -0.441 e. The van der Waals surface area contributed by atoms with E-state index < -0.39 is 6.03 Å². The maximum absolute atomic E-state index is 10.5. The molecule has 0 aliphatic rings. The predicted octanol–water partition coefficient (Wildman–Crippen LogP) is 1.35. The summed E-state index contributed by atoms with van der Waals surface area (Å²) in [6.45, 7) is 2.34. The quantitative estimate of drug-likeness (QED) is 0.817. The summed E-state index contributed by atoms with van der Waals surface area (Å²) < 4.78 is 5.41. The first-order chi connectivity index (χ1) is 7.65. The topological polar surface area (TPSA) is 81.1 Å². The number of nitrogens with zero attached hydrogens (tertiary/aromatic N) is 1. The molecular formula is C11H13N3O2. The lowest BCUT2D eigenvalue weighted by Gasteiger charge is -2.01. The van der Waals surface area contributed by atoms with Gasteiger partial charge in [0.25, 0.3) is 0 Å². The van der Waals surface area contributed by atoms with Crippen molar-refractivity contribution >= 4 is 17.1 Å². The van der Waals surface area contributed by atoms with Crippen molar-refractivity contribution in [1.29, 1.82) is 0 Å². The van der Waals surface area contributed by atoms with Gasteiger partial charge < -0.3 is 15.5 Å². The van der Waals surface area contributed by atoms with Crippen molar-refractivity contribution in [3.05, 3.63) is 29.7 Å². The molecule has 84 valence electrons. The number of nitrogens with one attached hydrogen (secondary N) is 1. The number of primary amides is 1. The Morgan fingerprint density at radius 1 is 1.56 bits per heavy atom. The van der Waals surface area contributed by atoms with Gasteiger partial charge in [-0.15, -0.1) is 0 Å². The number of aryl methyl sites for hydroxylation is 1. The zero-order valence-corrected chi connectivity index (χ0v) is 8.99. The van der Waals surface area contributed by atoms with E-state index in [2.05, 4.69) is 10.3 Å². The maximum atomic E-state index is 10.5. The van der Waals surface area contributed by atoms with E-state index in [4.69, 9.17) is 10.2 Å². The molecule has 0 aliphatic heterocycles. The lowest BCUT2D eigenvalue weighted by molar-refractivity contribution is 0.249. The van der Waals surface area contributed by atoms with Gasteiger partial charge in [0, 0.05) is 13.5 Å². The smallest absolute Gasteiger partial charge is 0.312 e. The predicted molar refractivity (Wildman–Crippen MR) is 60.0 cm³/mol. The summed E-state index contributed by atoms with van der Waals surface area (Å²) in [6.07, 6.45) is 0.721. The average molecular weight is 219 g/mol. The van der Waals surface area contributed by atoms with Crippen molar-refractivity contribution in [1.82, 2.24) is 10.3 Å². The summed E-state index contributed by atoms with van der Waals surface area (Å²) in [7, 11) is 0. The van der Waals surface area contributed by atoms with E-state index in [1.165, 1.54) is 0 Å². The lowest BCUT2D eigenvalue weighted by atomic mass is 10.1. The fraction of sp³-hybridized carbons (Fsp3) is 0.273. The fourth-order valence-electron chi connectivity index (χ4n) is 1.57. The Balaban J connectivity index is 2.10. The number of carbonyl (C=O) groups excluding carboxylic acids is 1. The van der Waals surface area contributed by atoms with Crippen molar-refractivity contribution in [2.45, 2.75) is 13.3 Å². The van der Waals surface area contributed by atoms with Crippen LogP contribution < -0.4 is 11.1 Å². The third kappa shape index (κ3) is 2.31. The fourth-order valence-corrected chi connectivity index (χ4v) is 1.57. The second-order valence-corrected chi connectivity index (χ2v) is 3.58. The van der Waals surface area contributed by atoms with E-state index in [9.17, 15) is 4.79 Å². The van der Waals surface area contributed by atoms with Crippen LogP contribution in [0.3, 0.4) is 0 Å². The van der Waals surface area contributed by atoms with Gasteiger partial charge >= 0.3 is 6.03 Å². The standard InChI is InChI=1S/C11H13N3O2/c1-7-14-9-3-2-8(6-10(9)16-7)4-5-13-11(12)15/h2-3,6H,4-5H2,1H3,(H3,12,13,15). The molecule has 2 aromatic rings. The van der Waals surface area contributed by atoms with Crippen molar-refractivity contribution < 1.29 is 9.21 Å². The minimum atomic E-state index is -0.503. The number of hydrogen-bond donors (Lipinski definition) is 2. The van der Waals surface area contributed by atoms with Crippen molar-refractivity contribution in [3.8, 4) is 0 Å². The Labute approximate surface area is 92.6 Å². The first kappa shape index (κ1) is 10.5. The Kier molecular flexibility index (Phi) is 2.76. The largest absolute Gasteiger partial charge is 0.441 e. The van der Waals surface area contributed by atoms with Crippen LogP contribution >= 0.6 is 0 Å². The van der Waals surface area contributed by atoms with E-state index in [-0.39, 0.29) is 0 Å². The minimum absolute atomic E-state index is 0.503.